The van der Waals surface area contributed by atoms with Crippen LogP contribution >= 0.6 is 0 Å². The minimum absolute atomic E-state index is 0.385. The lowest BCUT2D eigenvalue weighted by molar-refractivity contribution is -0.890. The number of rotatable bonds is 13. The molecule has 0 aliphatic rings. The summed E-state index contributed by atoms with van der Waals surface area (Å²) in [6.45, 7) is 7.23. The van der Waals surface area contributed by atoms with Crippen LogP contribution in [0.2, 0.25) is 6.04 Å². The van der Waals surface area contributed by atoms with Gasteiger partial charge in [0.2, 0.25) is 0 Å². The first-order chi connectivity index (χ1) is 11.2. The van der Waals surface area contributed by atoms with Gasteiger partial charge < -0.3 is 22.5 Å². The van der Waals surface area contributed by atoms with E-state index in [0.717, 1.165) is 42.9 Å². The van der Waals surface area contributed by atoms with Crippen molar-refractivity contribution in [3.63, 3.8) is 0 Å². The third kappa shape index (κ3) is 9.34. The van der Waals surface area contributed by atoms with Crippen LogP contribution in [0, 0.1) is 0 Å². The van der Waals surface area contributed by atoms with E-state index in [-0.39, 0.29) is 5.97 Å². The van der Waals surface area contributed by atoms with Crippen molar-refractivity contribution in [3.8, 4) is 0 Å². The molecule has 24 heavy (non-hydrogen) atoms. The molecule has 0 aliphatic heterocycles. The van der Waals surface area contributed by atoms with Crippen LogP contribution in [0.25, 0.3) is 0 Å². The van der Waals surface area contributed by atoms with Crippen molar-refractivity contribution >= 4 is 14.8 Å². The third-order valence-electron chi connectivity index (χ3n) is 3.93. The largest absolute Gasteiger partial charge is 0.500 e. The standard InChI is InChI=1S/C17H34NO5Si/c1-16(2)17(19)23-14-10-8-9-12-18(3,4)13-11-15-24(20-5,21-6)22-7/h10,14H,1,8-9,11-13,15H2,2-7H3/q+1. The number of nitrogens with zero attached hydrogens (tertiary/aromatic N) is 1. The van der Waals surface area contributed by atoms with Crippen LogP contribution in [0.1, 0.15) is 26.2 Å². The highest BCUT2D eigenvalue weighted by Gasteiger charge is 2.37. The number of allylic oxidation sites excluding steroid dienone is 1. The maximum absolute atomic E-state index is 11.2. The predicted octanol–water partition coefficient (Wildman–Crippen LogP) is 2.74. The van der Waals surface area contributed by atoms with E-state index in [4.69, 9.17) is 18.0 Å². The Labute approximate surface area is 148 Å². The lowest BCUT2D eigenvalue weighted by Crippen LogP contribution is -2.45. The zero-order valence-corrected chi connectivity index (χ0v) is 17.1. The highest BCUT2D eigenvalue weighted by Crippen LogP contribution is 2.16. The fourth-order valence-corrected chi connectivity index (χ4v) is 4.01. The number of hydrogen-bond acceptors (Lipinski definition) is 5. The number of ether oxygens (including phenoxy) is 1. The molecule has 0 aromatic carbocycles. The van der Waals surface area contributed by atoms with Gasteiger partial charge in [-0.15, -0.1) is 0 Å². The van der Waals surface area contributed by atoms with E-state index in [9.17, 15) is 4.79 Å². The van der Waals surface area contributed by atoms with Crippen molar-refractivity contribution in [2.75, 3.05) is 48.5 Å². The van der Waals surface area contributed by atoms with Crippen molar-refractivity contribution in [1.29, 1.82) is 0 Å². The first-order valence-corrected chi connectivity index (χ1v) is 10.1. The van der Waals surface area contributed by atoms with E-state index >= 15 is 0 Å². The van der Waals surface area contributed by atoms with E-state index in [1.165, 1.54) is 6.26 Å². The Morgan fingerprint density at radius 1 is 1.08 bits per heavy atom. The van der Waals surface area contributed by atoms with E-state index in [2.05, 4.69) is 20.7 Å². The van der Waals surface area contributed by atoms with Gasteiger partial charge >= 0.3 is 14.8 Å². The van der Waals surface area contributed by atoms with E-state index < -0.39 is 8.80 Å². The fraction of sp³-hybridized carbons (Fsp3) is 0.706. The molecule has 0 fully saturated rings. The second kappa shape index (κ2) is 11.5. The summed E-state index contributed by atoms with van der Waals surface area (Å²) in [5.41, 5.74) is 0.403. The summed E-state index contributed by atoms with van der Waals surface area (Å²) in [5, 5.41) is 0. The molecule has 0 radical (unpaired) electrons. The highest BCUT2D eigenvalue weighted by molar-refractivity contribution is 6.60. The molecule has 0 amide bonds. The van der Waals surface area contributed by atoms with Gasteiger partial charge in [-0.2, -0.15) is 0 Å². The summed E-state index contributed by atoms with van der Waals surface area (Å²) in [6.07, 6.45) is 6.21. The Kier molecular flexibility index (Phi) is 11.1. The molecule has 0 saturated carbocycles. The van der Waals surface area contributed by atoms with Gasteiger partial charge in [-0.25, -0.2) is 4.79 Å². The van der Waals surface area contributed by atoms with Crippen molar-refractivity contribution < 1.29 is 27.3 Å². The number of carbonyl (C=O) groups excluding carboxylic acids is 1. The molecule has 0 N–H and O–H groups in total. The average Bonchev–Trinajstić information content (AvgIpc) is 2.54. The molecule has 0 aliphatic carbocycles. The van der Waals surface area contributed by atoms with Crippen LogP contribution in [0.3, 0.4) is 0 Å². The van der Waals surface area contributed by atoms with Crippen LogP contribution in [0.4, 0.5) is 0 Å². The lowest BCUT2D eigenvalue weighted by atomic mass is 10.2. The molecular weight excluding hydrogens is 326 g/mol. The van der Waals surface area contributed by atoms with Gasteiger partial charge in [-0.05, 0) is 19.4 Å². The van der Waals surface area contributed by atoms with Gasteiger partial charge in [0.25, 0.3) is 0 Å². The maximum Gasteiger partial charge on any atom is 0.500 e. The summed E-state index contributed by atoms with van der Waals surface area (Å²) < 4.78 is 22.2. The molecule has 0 aromatic rings. The number of hydrogen-bond donors (Lipinski definition) is 0. The van der Waals surface area contributed by atoms with Crippen LogP contribution in [-0.2, 0) is 22.8 Å². The van der Waals surface area contributed by atoms with E-state index in [1.807, 2.05) is 6.08 Å². The van der Waals surface area contributed by atoms with E-state index in [1.54, 1.807) is 28.3 Å². The molecular formula is C17H34NO5Si+. The molecule has 0 atom stereocenters. The zero-order chi connectivity index (χ0) is 18.6. The highest BCUT2D eigenvalue weighted by atomic mass is 28.4. The smallest absolute Gasteiger partial charge is 0.431 e. The second-order valence-corrected chi connectivity index (χ2v) is 9.57. The summed E-state index contributed by atoms with van der Waals surface area (Å²) in [5.74, 6) is -0.385. The lowest BCUT2D eigenvalue weighted by Gasteiger charge is -2.31. The quantitative estimate of drug-likeness (QED) is 0.126. The molecule has 0 saturated heterocycles. The normalized spacial score (nSPS) is 12.6. The minimum atomic E-state index is -2.46. The summed E-state index contributed by atoms with van der Waals surface area (Å²) in [7, 11) is 6.89. The van der Waals surface area contributed by atoms with Crippen LogP contribution in [0.5, 0.6) is 0 Å². The van der Waals surface area contributed by atoms with Gasteiger partial charge in [0.15, 0.2) is 0 Å². The number of unbranched alkanes of at least 4 members (excludes halogenated alkanes) is 1. The number of carbonyl (C=O) groups is 1. The van der Waals surface area contributed by atoms with Crippen molar-refractivity contribution in [1.82, 2.24) is 0 Å². The third-order valence-corrected chi connectivity index (χ3v) is 6.77. The van der Waals surface area contributed by atoms with Crippen molar-refractivity contribution in [2.45, 2.75) is 32.2 Å². The number of quaternary nitrogens is 1. The predicted molar refractivity (Wildman–Crippen MR) is 97.3 cm³/mol. The second-order valence-electron chi connectivity index (χ2n) is 6.48. The van der Waals surface area contributed by atoms with Gasteiger partial charge in [-0.1, -0.05) is 6.58 Å². The van der Waals surface area contributed by atoms with Crippen LogP contribution < -0.4 is 0 Å². The maximum atomic E-state index is 11.2. The Bertz CT molecular complexity index is 411. The van der Waals surface area contributed by atoms with Crippen molar-refractivity contribution in [3.05, 3.63) is 24.5 Å². The Morgan fingerprint density at radius 2 is 1.62 bits per heavy atom. The van der Waals surface area contributed by atoms with Crippen molar-refractivity contribution in [2.24, 2.45) is 0 Å². The monoisotopic (exact) mass is 360 g/mol. The molecule has 0 spiro atoms. The summed E-state index contributed by atoms with van der Waals surface area (Å²) in [4.78, 5) is 11.2. The molecule has 140 valence electrons. The molecule has 0 aromatic heterocycles. The first kappa shape index (κ1) is 23.0. The SMILES string of the molecule is C=C(C)C(=O)OC=CCCC[N+](C)(C)CCC[Si](OC)(OC)OC. The molecule has 0 heterocycles. The molecule has 0 rings (SSSR count). The minimum Gasteiger partial charge on any atom is -0.431 e. The Balaban J connectivity index is 4.03. The summed E-state index contributed by atoms with van der Waals surface area (Å²) >= 11 is 0. The Morgan fingerprint density at radius 3 is 2.12 bits per heavy atom. The average molecular weight is 361 g/mol. The van der Waals surface area contributed by atoms with Crippen LogP contribution in [-0.4, -0.2) is 67.8 Å². The Hall–Kier alpha value is -0.993. The van der Waals surface area contributed by atoms with Gasteiger partial charge in [0.1, 0.15) is 0 Å². The summed E-state index contributed by atoms with van der Waals surface area (Å²) in [6, 6.07) is 0.814. The van der Waals surface area contributed by atoms with Gasteiger partial charge in [0.05, 0.1) is 33.4 Å². The van der Waals surface area contributed by atoms with Gasteiger partial charge in [0, 0.05) is 45.8 Å². The van der Waals surface area contributed by atoms with Gasteiger partial charge in [-0.3, -0.25) is 0 Å². The van der Waals surface area contributed by atoms with E-state index in [0.29, 0.717) is 5.57 Å². The molecule has 7 heteroatoms. The topological polar surface area (TPSA) is 54.0 Å². The zero-order valence-electron chi connectivity index (χ0n) is 16.1. The number of esters is 1. The first-order valence-electron chi connectivity index (χ1n) is 8.21. The van der Waals surface area contributed by atoms with Crippen LogP contribution in [0.15, 0.2) is 24.5 Å². The molecule has 0 bridgehead atoms. The molecule has 6 nitrogen and oxygen atoms in total. The molecule has 0 unspecified atom stereocenters. The fourth-order valence-electron chi connectivity index (χ4n) is 2.31.